The molecule has 0 spiro atoms. The summed E-state index contributed by atoms with van der Waals surface area (Å²) >= 11 is 0. The maximum atomic E-state index is 6.01. The van der Waals surface area contributed by atoms with Crippen molar-refractivity contribution >= 4 is 39.0 Å². The van der Waals surface area contributed by atoms with Gasteiger partial charge in [-0.3, -0.25) is 0 Å². The van der Waals surface area contributed by atoms with Gasteiger partial charge in [0.05, 0.1) is 22.4 Å². The number of nitrogens with one attached hydrogen (secondary N) is 1. The minimum absolute atomic E-state index is 0.724. The number of furan rings is 1. The van der Waals surface area contributed by atoms with Crippen LogP contribution in [-0.4, -0.2) is 0 Å². The molecule has 0 bridgehead atoms. The Morgan fingerprint density at radius 2 is 1.43 bits per heavy atom. The molecule has 21 heavy (non-hydrogen) atoms. The molecule has 0 unspecified atom stereocenters. The zero-order valence-electron chi connectivity index (χ0n) is 11.3. The van der Waals surface area contributed by atoms with E-state index in [0.717, 1.165) is 39.0 Å². The van der Waals surface area contributed by atoms with Crippen molar-refractivity contribution in [2.24, 2.45) is 0 Å². The highest BCUT2D eigenvalue weighted by atomic mass is 16.3. The number of rotatable bonds is 2. The lowest BCUT2D eigenvalue weighted by molar-refractivity contribution is 0.669. The van der Waals surface area contributed by atoms with Crippen LogP contribution in [-0.2, 0) is 0 Å². The minimum Gasteiger partial charge on any atom is -0.456 e. The van der Waals surface area contributed by atoms with Gasteiger partial charge in [0.15, 0.2) is 0 Å². The third-order valence-corrected chi connectivity index (χ3v) is 3.63. The lowest BCUT2D eigenvalue weighted by atomic mass is 10.1. The van der Waals surface area contributed by atoms with E-state index in [1.807, 2.05) is 60.7 Å². The molecule has 1 heterocycles. The van der Waals surface area contributed by atoms with E-state index in [-0.39, 0.29) is 0 Å². The van der Waals surface area contributed by atoms with Crippen molar-refractivity contribution in [3.63, 3.8) is 0 Å². The van der Waals surface area contributed by atoms with Gasteiger partial charge in [-0.25, -0.2) is 0 Å². The van der Waals surface area contributed by atoms with Crippen LogP contribution in [0.3, 0.4) is 0 Å². The van der Waals surface area contributed by atoms with Crippen LogP contribution < -0.4 is 11.1 Å². The molecule has 0 aliphatic rings. The Labute approximate surface area is 122 Å². The van der Waals surface area contributed by atoms with Gasteiger partial charge < -0.3 is 15.5 Å². The van der Waals surface area contributed by atoms with E-state index in [1.165, 1.54) is 0 Å². The summed E-state index contributed by atoms with van der Waals surface area (Å²) in [6, 6.07) is 21.8. The van der Waals surface area contributed by atoms with Gasteiger partial charge >= 0.3 is 0 Å². The first kappa shape index (κ1) is 11.9. The second-order valence-electron chi connectivity index (χ2n) is 4.99. The topological polar surface area (TPSA) is 51.2 Å². The summed E-state index contributed by atoms with van der Waals surface area (Å²) in [5, 5.41) is 5.59. The number of fused-ring (bicyclic) bond motifs is 3. The highest BCUT2D eigenvalue weighted by Crippen LogP contribution is 2.36. The van der Waals surface area contributed by atoms with Crippen molar-refractivity contribution in [1.82, 2.24) is 0 Å². The molecule has 0 aliphatic carbocycles. The molecule has 4 aromatic rings. The molecule has 3 nitrogen and oxygen atoms in total. The molecule has 0 fully saturated rings. The highest BCUT2D eigenvalue weighted by molar-refractivity contribution is 6.12. The second kappa shape index (κ2) is 4.56. The van der Waals surface area contributed by atoms with Crippen LogP contribution in [0.5, 0.6) is 0 Å². The number of para-hydroxylation sites is 3. The van der Waals surface area contributed by atoms with Crippen LogP contribution in [0.1, 0.15) is 0 Å². The third kappa shape index (κ3) is 1.91. The van der Waals surface area contributed by atoms with Gasteiger partial charge in [-0.1, -0.05) is 36.4 Å². The summed E-state index contributed by atoms with van der Waals surface area (Å²) in [5.74, 6) is 0. The predicted octanol–water partition coefficient (Wildman–Crippen LogP) is 4.91. The van der Waals surface area contributed by atoms with Crippen LogP contribution in [0, 0.1) is 0 Å². The van der Waals surface area contributed by atoms with Crippen molar-refractivity contribution in [2.45, 2.75) is 0 Å². The number of hydrogen-bond donors (Lipinski definition) is 2. The van der Waals surface area contributed by atoms with Gasteiger partial charge in [-0.2, -0.15) is 0 Å². The normalized spacial score (nSPS) is 11.0. The molecular weight excluding hydrogens is 260 g/mol. The maximum absolute atomic E-state index is 6.01. The molecule has 1 aromatic heterocycles. The average Bonchev–Trinajstić information content (AvgIpc) is 2.89. The molecule has 0 aliphatic heterocycles. The van der Waals surface area contributed by atoms with Crippen molar-refractivity contribution in [3.8, 4) is 0 Å². The van der Waals surface area contributed by atoms with Crippen LogP contribution >= 0.6 is 0 Å². The molecule has 0 saturated heterocycles. The van der Waals surface area contributed by atoms with E-state index >= 15 is 0 Å². The summed E-state index contributed by atoms with van der Waals surface area (Å²) in [4.78, 5) is 0. The highest BCUT2D eigenvalue weighted by Gasteiger charge is 2.11. The molecule has 0 atom stereocenters. The van der Waals surface area contributed by atoms with E-state index in [4.69, 9.17) is 10.2 Å². The second-order valence-corrected chi connectivity index (χ2v) is 4.99. The molecule has 3 N–H and O–H groups in total. The predicted molar refractivity (Wildman–Crippen MR) is 87.9 cm³/mol. The van der Waals surface area contributed by atoms with Crippen molar-refractivity contribution in [1.29, 1.82) is 0 Å². The van der Waals surface area contributed by atoms with Gasteiger partial charge in [0.1, 0.15) is 11.2 Å². The van der Waals surface area contributed by atoms with Crippen LogP contribution in [0.25, 0.3) is 21.9 Å². The Morgan fingerprint density at radius 1 is 0.714 bits per heavy atom. The number of nitrogens with two attached hydrogens (primary N) is 1. The number of anilines is 3. The van der Waals surface area contributed by atoms with Crippen LogP contribution in [0.15, 0.2) is 71.1 Å². The molecular formula is C18H14N2O. The van der Waals surface area contributed by atoms with Gasteiger partial charge in [-0.05, 0) is 30.3 Å². The van der Waals surface area contributed by atoms with Gasteiger partial charge in [-0.15, -0.1) is 0 Å². The molecule has 3 aromatic carbocycles. The molecule has 0 saturated carbocycles. The first-order valence-electron chi connectivity index (χ1n) is 6.85. The monoisotopic (exact) mass is 274 g/mol. The molecule has 0 radical (unpaired) electrons. The summed E-state index contributed by atoms with van der Waals surface area (Å²) in [5.41, 5.74) is 10.4. The maximum Gasteiger partial charge on any atom is 0.137 e. The van der Waals surface area contributed by atoms with E-state index in [0.29, 0.717) is 0 Å². The largest absolute Gasteiger partial charge is 0.456 e. The molecule has 0 amide bonds. The first-order chi connectivity index (χ1) is 10.3. The zero-order chi connectivity index (χ0) is 14.2. The molecule has 102 valence electrons. The summed E-state index contributed by atoms with van der Waals surface area (Å²) in [7, 11) is 0. The van der Waals surface area contributed by atoms with E-state index in [9.17, 15) is 0 Å². The Balaban J connectivity index is 1.94. The summed E-state index contributed by atoms with van der Waals surface area (Å²) < 4.78 is 5.89. The molecule has 4 rings (SSSR count). The summed E-state index contributed by atoms with van der Waals surface area (Å²) in [6.07, 6.45) is 0. The van der Waals surface area contributed by atoms with Crippen molar-refractivity contribution < 1.29 is 4.42 Å². The lowest BCUT2D eigenvalue weighted by Gasteiger charge is -2.10. The fourth-order valence-corrected chi connectivity index (χ4v) is 2.63. The van der Waals surface area contributed by atoms with Crippen molar-refractivity contribution in [2.75, 3.05) is 11.1 Å². The summed E-state index contributed by atoms with van der Waals surface area (Å²) in [6.45, 7) is 0. The number of hydrogen-bond acceptors (Lipinski definition) is 3. The van der Waals surface area contributed by atoms with E-state index < -0.39 is 0 Å². The van der Waals surface area contributed by atoms with E-state index in [2.05, 4.69) is 11.4 Å². The Kier molecular flexibility index (Phi) is 2.57. The third-order valence-electron chi connectivity index (χ3n) is 3.63. The number of nitrogen functional groups attached to an aromatic ring is 1. The van der Waals surface area contributed by atoms with Crippen LogP contribution in [0.2, 0.25) is 0 Å². The smallest absolute Gasteiger partial charge is 0.137 e. The zero-order valence-corrected chi connectivity index (χ0v) is 11.3. The average molecular weight is 274 g/mol. The van der Waals surface area contributed by atoms with E-state index in [1.54, 1.807) is 0 Å². The van der Waals surface area contributed by atoms with Gasteiger partial charge in [0.25, 0.3) is 0 Å². The molecule has 3 heteroatoms. The number of benzene rings is 3. The Hall–Kier alpha value is -2.94. The standard InChI is InChI=1S/C18H14N2O/c19-13-7-2-3-8-14(13)20-15-9-5-11-17-18(15)12-6-1-4-10-16(12)21-17/h1-11,20H,19H2. The quantitative estimate of drug-likeness (QED) is 0.510. The Bertz CT molecular complexity index is 940. The van der Waals surface area contributed by atoms with Crippen LogP contribution in [0.4, 0.5) is 17.1 Å². The fraction of sp³-hybridized carbons (Fsp3) is 0. The first-order valence-corrected chi connectivity index (χ1v) is 6.85. The lowest BCUT2D eigenvalue weighted by Crippen LogP contribution is -1.95. The minimum atomic E-state index is 0.724. The van der Waals surface area contributed by atoms with Crippen molar-refractivity contribution in [3.05, 3.63) is 66.7 Å². The SMILES string of the molecule is Nc1ccccc1Nc1cccc2oc3ccccc3c12. The van der Waals surface area contributed by atoms with Gasteiger partial charge in [0.2, 0.25) is 0 Å². The fourth-order valence-electron chi connectivity index (χ4n) is 2.63. The van der Waals surface area contributed by atoms with Gasteiger partial charge in [0, 0.05) is 5.39 Å². The Morgan fingerprint density at radius 3 is 2.33 bits per heavy atom.